The van der Waals surface area contributed by atoms with Crippen molar-refractivity contribution in [1.29, 1.82) is 0 Å². The molecule has 6 nitrogen and oxygen atoms in total. The van der Waals surface area contributed by atoms with E-state index < -0.39 is 29.5 Å². The fraction of sp³-hybridized carbons (Fsp3) is 0.556. The number of nitrogens with one attached hydrogen (secondary N) is 3. The van der Waals surface area contributed by atoms with E-state index in [1.54, 1.807) is 0 Å². The quantitative estimate of drug-likeness (QED) is 0.660. The summed E-state index contributed by atoms with van der Waals surface area (Å²) in [4.78, 5) is 24.6. The number of alkyl halides is 3. The largest absolute Gasteiger partial charge is 0.573 e. The van der Waals surface area contributed by atoms with Crippen molar-refractivity contribution in [2.24, 2.45) is 5.92 Å². The van der Waals surface area contributed by atoms with Crippen molar-refractivity contribution >= 4 is 11.8 Å². The van der Waals surface area contributed by atoms with Gasteiger partial charge in [-0.05, 0) is 49.3 Å². The number of amides is 2. The summed E-state index contributed by atoms with van der Waals surface area (Å²) < 4.78 is 54.5. The normalized spacial score (nSPS) is 26.4. The van der Waals surface area contributed by atoms with Gasteiger partial charge in [0, 0.05) is 0 Å². The maximum atomic E-state index is 14.0. The van der Waals surface area contributed by atoms with Crippen LogP contribution in [0.1, 0.15) is 37.7 Å². The van der Waals surface area contributed by atoms with Gasteiger partial charge in [-0.3, -0.25) is 14.9 Å². The standard InChI is InChI=1S/C18H19F4N3O3/c19-11-7-10(3-4-13(11)28-18(20,21)22)17(5-6-17)25-16(27)12-8-14(26)24-15(23-12)9-1-2-9/h3-4,7,9,12,15,23H,1-2,5-6,8H2,(H,24,26)(H,25,27). The van der Waals surface area contributed by atoms with Gasteiger partial charge in [0.15, 0.2) is 11.6 Å². The van der Waals surface area contributed by atoms with E-state index in [-0.39, 0.29) is 24.4 Å². The Morgan fingerprint density at radius 3 is 2.54 bits per heavy atom. The van der Waals surface area contributed by atoms with E-state index in [9.17, 15) is 27.2 Å². The summed E-state index contributed by atoms with van der Waals surface area (Å²) in [5, 5.41) is 8.79. The molecule has 1 aromatic rings. The number of halogens is 4. The van der Waals surface area contributed by atoms with Gasteiger partial charge in [-0.1, -0.05) is 6.07 Å². The maximum absolute atomic E-state index is 14.0. The minimum Gasteiger partial charge on any atom is -0.403 e. The molecule has 1 heterocycles. The van der Waals surface area contributed by atoms with Crippen molar-refractivity contribution in [1.82, 2.24) is 16.0 Å². The van der Waals surface area contributed by atoms with Crippen molar-refractivity contribution < 1.29 is 31.9 Å². The molecule has 0 spiro atoms. The molecular weight excluding hydrogens is 382 g/mol. The second kappa shape index (κ2) is 6.61. The van der Waals surface area contributed by atoms with Crippen LogP contribution in [-0.4, -0.2) is 30.4 Å². The molecule has 2 saturated carbocycles. The van der Waals surface area contributed by atoms with Gasteiger partial charge in [-0.2, -0.15) is 0 Å². The average Bonchev–Trinajstić information content (AvgIpc) is 3.49. The highest BCUT2D eigenvalue weighted by atomic mass is 19.4. The van der Waals surface area contributed by atoms with Crippen LogP contribution in [0, 0.1) is 11.7 Å². The van der Waals surface area contributed by atoms with Crippen molar-refractivity contribution in [2.75, 3.05) is 0 Å². The van der Waals surface area contributed by atoms with Crippen LogP contribution in [0.25, 0.3) is 0 Å². The third-order valence-corrected chi connectivity index (χ3v) is 5.32. The van der Waals surface area contributed by atoms with E-state index in [1.807, 2.05) is 0 Å². The Bertz CT molecular complexity index is 806. The molecule has 2 atom stereocenters. The van der Waals surface area contributed by atoms with Gasteiger partial charge < -0.3 is 15.4 Å². The Labute approximate surface area is 158 Å². The van der Waals surface area contributed by atoms with Gasteiger partial charge in [0.05, 0.1) is 24.2 Å². The van der Waals surface area contributed by atoms with Crippen molar-refractivity contribution in [3.8, 4) is 5.75 Å². The molecule has 1 aromatic carbocycles. The summed E-state index contributed by atoms with van der Waals surface area (Å²) in [5.74, 6) is -2.34. The topological polar surface area (TPSA) is 79.5 Å². The average molecular weight is 401 g/mol. The zero-order valence-electron chi connectivity index (χ0n) is 14.7. The predicted molar refractivity (Wildman–Crippen MR) is 88.3 cm³/mol. The van der Waals surface area contributed by atoms with E-state index in [0.29, 0.717) is 24.3 Å². The molecule has 0 bridgehead atoms. The zero-order chi connectivity index (χ0) is 20.1. The first-order chi connectivity index (χ1) is 13.2. The van der Waals surface area contributed by atoms with Crippen LogP contribution < -0.4 is 20.7 Å². The number of ether oxygens (including phenoxy) is 1. The number of hydrogen-bond acceptors (Lipinski definition) is 4. The van der Waals surface area contributed by atoms with Gasteiger partial charge in [0.2, 0.25) is 11.8 Å². The fourth-order valence-corrected chi connectivity index (χ4v) is 3.53. The summed E-state index contributed by atoms with van der Waals surface area (Å²) in [6.07, 6.45) is -2.19. The Balaban J connectivity index is 1.45. The summed E-state index contributed by atoms with van der Waals surface area (Å²) in [7, 11) is 0. The number of hydrogen-bond donors (Lipinski definition) is 3. The van der Waals surface area contributed by atoms with Gasteiger partial charge >= 0.3 is 6.36 Å². The number of carbonyl (C=O) groups is 2. The summed E-state index contributed by atoms with van der Waals surface area (Å²) in [5.41, 5.74) is -0.466. The molecule has 1 saturated heterocycles. The SMILES string of the molecule is O=C1CC(C(=O)NC2(c3ccc(OC(F)(F)F)c(F)c3)CC2)NC(C2CC2)N1. The lowest BCUT2D eigenvalue weighted by Crippen LogP contribution is -2.62. The van der Waals surface area contributed by atoms with Gasteiger partial charge in [-0.15, -0.1) is 13.2 Å². The van der Waals surface area contributed by atoms with Crippen LogP contribution >= 0.6 is 0 Å². The van der Waals surface area contributed by atoms with E-state index in [0.717, 1.165) is 25.0 Å². The van der Waals surface area contributed by atoms with E-state index >= 15 is 0 Å². The van der Waals surface area contributed by atoms with E-state index in [1.165, 1.54) is 6.07 Å². The maximum Gasteiger partial charge on any atom is 0.573 e. The highest BCUT2D eigenvalue weighted by Gasteiger charge is 2.48. The van der Waals surface area contributed by atoms with Crippen LogP contribution in [-0.2, 0) is 15.1 Å². The number of rotatable bonds is 5. The second-order valence-electron chi connectivity index (χ2n) is 7.57. The monoisotopic (exact) mass is 401 g/mol. The van der Waals surface area contributed by atoms with Crippen molar-refractivity contribution in [3.05, 3.63) is 29.6 Å². The first-order valence-corrected chi connectivity index (χ1v) is 9.08. The molecule has 3 N–H and O–H groups in total. The molecule has 3 fully saturated rings. The third-order valence-electron chi connectivity index (χ3n) is 5.32. The zero-order valence-corrected chi connectivity index (χ0v) is 14.7. The summed E-state index contributed by atoms with van der Waals surface area (Å²) in [6, 6.07) is 2.46. The van der Waals surface area contributed by atoms with Crippen molar-refractivity contribution in [3.63, 3.8) is 0 Å². The molecule has 10 heteroatoms. The van der Waals surface area contributed by atoms with Crippen LogP contribution in [0.15, 0.2) is 18.2 Å². The summed E-state index contributed by atoms with van der Waals surface area (Å²) >= 11 is 0. The number of carbonyl (C=O) groups excluding carboxylic acids is 2. The molecule has 152 valence electrons. The van der Waals surface area contributed by atoms with E-state index in [4.69, 9.17) is 0 Å². The van der Waals surface area contributed by atoms with Gasteiger partial charge in [-0.25, -0.2) is 4.39 Å². The first-order valence-electron chi connectivity index (χ1n) is 9.08. The Morgan fingerprint density at radius 2 is 1.96 bits per heavy atom. The van der Waals surface area contributed by atoms with Crippen molar-refractivity contribution in [2.45, 2.75) is 56.2 Å². The molecule has 2 unspecified atom stereocenters. The lowest BCUT2D eigenvalue weighted by Gasteiger charge is -2.32. The highest BCUT2D eigenvalue weighted by Crippen LogP contribution is 2.46. The third kappa shape index (κ3) is 4.06. The molecule has 3 aliphatic rings. The van der Waals surface area contributed by atoms with Crippen LogP contribution in [0.4, 0.5) is 17.6 Å². The molecule has 2 aliphatic carbocycles. The molecular formula is C18H19F4N3O3. The molecule has 1 aliphatic heterocycles. The number of benzene rings is 1. The lowest BCUT2D eigenvalue weighted by molar-refractivity contribution is -0.275. The van der Waals surface area contributed by atoms with Gasteiger partial charge in [0.25, 0.3) is 0 Å². The molecule has 0 radical (unpaired) electrons. The minimum absolute atomic E-state index is 0.00213. The second-order valence-corrected chi connectivity index (χ2v) is 7.57. The lowest BCUT2D eigenvalue weighted by atomic mass is 10.0. The van der Waals surface area contributed by atoms with Gasteiger partial charge in [0.1, 0.15) is 0 Å². The molecule has 0 aromatic heterocycles. The summed E-state index contributed by atoms with van der Waals surface area (Å²) in [6.45, 7) is 0. The van der Waals surface area contributed by atoms with Crippen LogP contribution in [0.2, 0.25) is 0 Å². The Morgan fingerprint density at radius 1 is 1.25 bits per heavy atom. The first kappa shape index (κ1) is 19.0. The Hall–Kier alpha value is -2.36. The fourth-order valence-electron chi connectivity index (χ4n) is 3.53. The van der Waals surface area contributed by atoms with Crippen LogP contribution in [0.5, 0.6) is 5.75 Å². The minimum atomic E-state index is -4.99. The highest BCUT2D eigenvalue weighted by molar-refractivity contribution is 5.90. The molecule has 4 rings (SSSR count). The molecule has 2 amide bonds. The predicted octanol–water partition coefficient (Wildman–Crippen LogP) is 2.04. The smallest absolute Gasteiger partial charge is 0.403 e. The van der Waals surface area contributed by atoms with E-state index in [2.05, 4.69) is 20.7 Å². The Kier molecular flexibility index (Phi) is 4.48. The van der Waals surface area contributed by atoms with Crippen LogP contribution in [0.3, 0.4) is 0 Å². The molecule has 28 heavy (non-hydrogen) atoms.